The molecule has 1 amide bonds. The Morgan fingerprint density at radius 3 is 1.96 bits per heavy atom. The highest BCUT2D eigenvalue weighted by Gasteiger charge is 2.34. The highest BCUT2D eigenvalue weighted by atomic mass is 19.4. The number of aromatic nitrogens is 2. The van der Waals surface area contributed by atoms with Crippen LogP contribution < -0.4 is 9.80 Å². The number of nitrogens with zero attached hydrogens (tertiary/aromatic N) is 5. The summed E-state index contributed by atoms with van der Waals surface area (Å²) in [6.07, 6.45) is -3.55. The molecule has 2 aliphatic rings. The van der Waals surface area contributed by atoms with E-state index < -0.39 is 18.5 Å². The maximum atomic E-state index is 12.3. The van der Waals surface area contributed by atoms with E-state index in [1.54, 1.807) is 0 Å². The number of piperidine rings is 1. The van der Waals surface area contributed by atoms with Crippen molar-refractivity contribution in [2.24, 2.45) is 5.92 Å². The normalized spacial score (nSPS) is 19.8. The summed E-state index contributed by atoms with van der Waals surface area (Å²) in [6, 6.07) is 3.84. The van der Waals surface area contributed by atoms with Gasteiger partial charge in [-0.25, -0.2) is 0 Å². The van der Waals surface area contributed by atoms with Gasteiger partial charge in [0.1, 0.15) is 6.42 Å². The first kappa shape index (κ1) is 18.7. The molecule has 6 nitrogen and oxygen atoms in total. The Morgan fingerprint density at radius 2 is 1.50 bits per heavy atom. The third-order valence-electron chi connectivity index (χ3n) is 5.05. The van der Waals surface area contributed by atoms with Crippen LogP contribution in [0.5, 0.6) is 0 Å². The molecule has 9 heteroatoms. The summed E-state index contributed by atoms with van der Waals surface area (Å²) >= 11 is 0. The summed E-state index contributed by atoms with van der Waals surface area (Å²) in [5.74, 6) is 1.44. The Hall–Kier alpha value is -2.06. The van der Waals surface area contributed by atoms with Gasteiger partial charge in [0.2, 0.25) is 5.91 Å². The van der Waals surface area contributed by atoms with Crippen molar-refractivity contribution in [3.05, 3.63) is 12.1 Å². The van der Waals surface area contributed by atoms with Crippen LogP contribution in [-0.2, 0) is 4.79 Å². The van der Waals surface area contributed by atoms with E-state index in [0.29, 0.717) is 18.9 Å². The summed E-state index contributed by atoms with van der Waals surface area (Å²) < 4.78 is 37.0. The second-order valence-corrected chi connectivity index (χ2v) is 7.08. The number of hydrogen-bond donors (Lipinski definition) is 0. The molecule has 0 unspecified atom stereocenters. The van der Waals surface area contributed by atoms with Crippen LogP contribution in [0.15, 0.2) is 12.1 Å². The van der Waals surface area contributed by atoms with Crippen LogP contribution >= 0.6 is 0 Å². The van der Waals surface area contributed by atoms with Crippen molar-refractivity contribution in [3.8, 4) is 0 Å². The number of anilines is 2. The van der Waals surface area contributed by atoms with Crippen molar-refractivity contribution in [2.45, 2.75) is 32.4 Å². The fourth-order valence-corrected chi connectivity index (χ4v) is 3.36. The summed E-state index contributed by atoms with van der Waals surface area (Å²) in [5.41, 5.74) is 0. The molecular weight excluding hydrogens is 347 g/mol. The quantitative estimate of drug-likeness (QED) is 0.816. The van der Waals surface area contributed by atoms with E-state index in [2.05, 4.69) is 22.0 Å². The fraction of sp³-hybridized carbons (Fsp3) is 0.706. The van der Waals surface area contributed by atoms with Gasteiger partial charge in [0.15, 0.2) is 11.6 Å². The average Bonchev–Trinajstić information content (AvgIpc) is 2.61. The lowest BCUT2D eigenvalue weighted by Gasteiger charge is -2.35. The summed E-state index contributed by atoms with van der Waals surface area (Å²) in [4.78, 5) is 17.1. The minimum atomic E-state index is -4.46. The molecule has 0 N–H and O–H groups in total. The van der Waals surface area contributed by atoms with Crippen molar-refractivity contribution in [1.29, 1.82) is 0 Å². The number of carbonyl (C=O) groups excluding carboxylic acids is 1. The number of alkyl halides is 3. The fourth-order valence-electron chi connectivity index (χ4n) is 3.36. The van der Waals surface area contributed by atoms with E-state index in [4.69, 9.17) is 0 Å². The monoisotopic (exact) mass is 371 g/mol. The summed E-state index contributed by atoms with van der Waals surface area (Å²) in [5, 5.41) is 8.59. The highest BCUT2D eigenvalue weighted by molar-refractivity contribution is 5.77. The van der Waals surface area contributed by atoms with Gasteiger partial charge in [-0.1, -0.05) is 6.92 Å². The first-order valence-electron chi connectivity index (χ1n) is 9.00. The zero-order valence-corrected chi connectivity index (χ0v) is 14.9. The van der Waals surface area contributed by atoms with E-state index in [9.17, 15) is 18.0 Å². The lowest BCUT2D eigenvalue weighted by atomic mass is 9.99. The van der Waals surface area contributed by atoms with E-state index in [0.717, 1.165) is 37.7 Å². The van der Waals surface area contributed by atoms with Crippen LogP contribution in [0.3, 0.4) is 0 Å². The van der Waals surface area contributed by atoms with Crippen LogP contribution in [-0.4, -0.2) is 66.4 Å². The SMILES string of the molecule is CC1CCN(c2ccc(N3CCN(C(=O)CC(F)(F)F)CC3)nn2)CC1. The van der Waals surface area contributed by atoms with E-state index in [1.807, 2.05) is 17.0 Å². The number of piperazine rings is 1. The van der Waals surface area contributed by atoms with Crippen molar-refractivity contribution in [1.82, 2.24) is 15.1 Å². The molecule has 2 fully saturated rings. The van der Waals surface area contributed by atoms with Gasteiger partial charge in [-0.15, -0.1) is 10.2 Å². The third-order valence-corrected chi connectivity index (χ3v) is 5.05. The molecule has 2 aliphatic heterocycles. The molecular formula is C17H24F3N5O. The van der Waals surface area contributed by atoms with Gasteiger partial charge in [-0.05, 0) is 30.9 Å². The topological polar surface area (TPSA) is 52.6 Å². The lowest BCUT2D eigenvalue weighted by Crippen LogP contribution is -2.49. The standard InChI is InChI=1S/C17H24F3N5O/c1-13-4-6-23(7-5-13)14-2-3-15(22-21-14)24-8-10-25(11-9-24)16(26)12-17(18,19)20/h2-3,13H,4-12H2,1H3. The average molecular weight is 371 g/mol. The molecule has 0 atom stereocenters. The number of amides is 1. The number of halogens is 3. The van der Waals surface area contributed by atoms with Crippen LogP contribution in [0.1, 0.15) is 26.2 Å². The number of carbonyl (C=O) groups is 1. The molecule has 1 aromatic rings. The maximum Gasteiger partial charge on any atom is 0.397 e. The molecule has 0 spiro atoms. The van der Waals surface area contributed by atoms with Crippen LogP contribution in [0, 0.1) is 5.92 Å². The second-order valence-electron chi connectivity index (χ2n) is 7.08. The Labute approximate surface area is 151 Å². The summed E-state index contributed by atoms with van der Waals surface area (Å²) in [7, 11) is 0. The molecule has 144 valence electrons. The van der Waals surface area contributed by atoms with Crippen molar-refractivity contribution >= 4 is 17.5 Å². The highest BCUT2D eigenvalue weighted by Crippen LogP contribution is 2.23. The first-order chi connectivity index (χ1) is 12.3. The van der Waals surface area contributed by atoms with Crippen molar-refractivity contribution in [3.63, 3.8) is 0 Å². The predicted octanol–water partition coefficient (Wildman–Crippen LogP) is 2.31. The molecule has 3 heterocycles. The van der Waals surface area contributed by atoms with Crippen molar-refractivity contribution in [2.75, 3.05) is 49.1 Å². The minimum absolute atomic E-state index is 0.266. The lowest BCUT2D eigenvalue weighted by molar-refractivity contribution is -0.161. The third kappa shape index (κ3) is 4.76. The Bertz CT molecular complexity index is 606. The van der Waals surface area contributed by atoms with Crippen LogP contribution in [0.25, 0.3) is 0 Å². The van der Waals surface area contributed by atoms with Gasteiger partial charge in [-0.3, -0.25) is 4.79 Å². The maximum absolute atomic E-state index is 12.3. The minimum Gasteiger partial charge on any atom is -0.355 e. The van der Waals surface area contributed by atoms with E-state index in [1.165, 1.54) is 4.90 Å². The molecule has 0 radical (unpaired) electrons. The zero-order valence-electron chi connectivity index (χ0n) is 14.9. The van der Waals surface area contributed by atoms with Crippen LogP contribution in [0.4, 0.5) is 24.8 Å². The molecule has 0 aliphatic carbocycles. The van der Waals surface area contributed by atoms with Gasteiger partial charge in [0, 0.05) is 39.3 Å². The smallest absolute Gasteiger partial charge is 0.355 e. The first-order valence-corrected chi connectivity index (χ1v) is 9.00. The molecule has 0 saturated carbocycles. The van der Waals surface area contributed by atoms with Crippen molar-refractivity contribution < 1.29 is 18.0 Å². The van der Waals surface area contributed by atoms with Gasteiger partial charge < -0.3 is 14.7 Å². The van der Waals surface area contributed by atoms with Gasteiger partial charge in [-0.2, -0.15) is 13.2 Å². The second kappa shape index (κ2) is 7.67. The van der Waals surface area contributed by atoms with Crippen LogP contribution in [0.2, 0.25) is 0 Å². The number of hydrogen-bond acceptors (Lipinski definition) is 5. The van der Waals surface area contributed by atoms with Gasteiger partial charge >= 0.3 is 6.18 Å². The largest absolute Gasteiger partial charge is 0.397 e. The Kier molecular flexibility index (Phi) is 5.52. The Balaban J connectivity index is 1.52. The molecule has 1 aromatic heterocycles. The Morgan fingerprint density at radius 1 is 1.00 bits per heavy atom. The molecule has 26 heavy (non-hydrogen) atoms. The number of rotatable bonds is 3. The van der Waals surface area contributed by atoms with Gasteiger partial charge in [0.05, 0.1) is 0 Å². The zero-order chi connectivity index (χ0) is 18.7. The van der Waals surface area contributed by atoms with E-state index >= 15 is 0 Å². The molecule has 0 aromatic carbocycles. The molecule has 0 bridgehead atoms. The van der Waals surface area contributed by atoms with Gasteiger partial charge in [0.25, 0.3) is 0 Å². The predicted molar refractivity (Wildman–Crippen MR) is 92.1 cm³/mol. The van der Waals surface area contributed by atoms with E-state index in [-0.39, 0.29) is 13.1 Å². The molecule has 2 saturated heterocycles. The molecule has 3 rings (SSSR count). The summed E-state index contributed by atoms with van der Waals surface area (Å²) in [6.45, 7) is 5.66.